The van der Waals surface area contributed by atoms with Crippen molar-refractivity contribution < 1.29 is 0 Å². The van der Waals surface area contributed by atoms with Gasteiger partial charge in [0.05, 0.1) is 11.2 Å². The highest BCUT2D eigenvalue weighted by molar-refractivity contribution is 7.26. The molecule has 200 valence electrons. The summed E-state index contributed by atoms with van der Waals surface area (Å²) < 4.78 is 2.55. The van der Waals surface area contributed by atoms with E-state index in [0.717, 1.165) is 39.1 Å². The average molecular weight is 565 g/mol. The van der Waals surface area contributed by atoms with E-state index in [-0.39, 0.29) is 0 Å². The molecule has 9 rings (SSSR count). The molecule has 0 aliphatic heterocycles. The van der Waals surface area contributed by atoms with E-state index in [2.05, 4.69) is 146 Å². The molecule has 0 amide bonds. The SMILES string of the molecule is c1ccc(-c2cccc(-c3nc(-c4cccc5ccccc45)c4ccc5sc6c7ccccc7ccc6c5c4n3)c2)cc1. The molecule has 2 heterocycles. The Kier molecular flexibility index (Phi) is 5.40. The van der Waals surface area contributed by atoms with E-state index >= 15 is 0 Å². The lowest BCUT2D eigenvalue weighted by Crippen LogP contribution is -1.96. The first-order valence-electron chi connectivity index (χ1n) is 14.5. The van der Waals surface area contributed by atoms with Crippen molar-refractivity contribution in [2.45, 2.75) is 0 Å². The van der Waals surface area contributed by atoms with Gasteiger partial charge in [-0.2, -0.15) is 0 Å². The molecule has 0 fully saturated rings. The van der Waals surface area contributed by atoms with E-state index < -0.39 is 0 Å². The molecule has 0 unspecified atom stereocenters. The minimum atomic E-state index is 0.737. The van der Waals surface area contributed by atoms with Gasteiger partial charge in [0.2, 0.25) is 0 Å². The monoisotopic (exact) mass is 564 g/mol. The number of nitrogens with zero attached hydrogens (tertiary/aromatic N) is 2. The number of benzene rings is 7. The van der Waals surface area contributed by atoms with Crippen LogP contribution < -0.4 is 0 Å². The zero-order valence-corrected chi connectivity index (χ0v) is 24.0. The van der Waals surface area contributed by atoms with Crippen LogP contribution in [0.3, 0.4) is 0 Å². The summed E-state index contributed by atoms with van der Waals surface area (Å²) in [4.78, 5) is 10.7. The summed E-state index contributed by atoms with van der Waals surface area (Å²) in [6.07, 6.45) is 0. The summed E-state index contributed by atoms with van der Waals surface area (Å²) in [7, 11) is 0. The summed E-state index contributed by atoms with van der Waals surface area (Å²) in [5, 5.41) is 8.45. The van der Waals surface area contributed by atoms with Crippen LogP contribution in [-0.2, 0) is 0 Å². The van der Waals surface area contributed by atoms with Crippen molar-refractivity contribution in [2.24, 2.45) is 0 Å². The van der Waals surface area contributed by atoms with E-state index in [1.807, 2.05) is 11.3 Å². The third kappa shape index (κ3) is 3.86. The highest BCUT2D eigenvalue weighted by atomic mass is 32.1. The number of thiophene rings is 1. The molecule has 0 atom stereocenters. The van der Waals surface area contributed by atoms with Gasteiger partial charge in [-0.05, 0) is 50.9 Å². The molecule has 2 nitrogen and oxygen atoms in total. The van der Waals surface area contributed by atoms with Crippen LogP contribution >= 0.6 is 11.3 Å². The van der Waals surface area contributed by atoms with E-state index in [9.17, 15) is 0 Å². The quantitative estimate of drug-likeness (QED) is 0.213. The second kappa shape index (κ2) is 9.59. The maximum absolute atomic E-state index is 5.37. The Bertz CT molecular complexity index is 2500. The van der Waals surface area contributed by atoms with Crippen molar-refractivity contribution in [1.29, 1.82) is 0 Å². The summed E-state index contributed by atoms with van der Waals surface area (Å²) in [6.45, 7) is 0. The zero-order valence-electron chi connectivity index (χ0n) is 23.2. The van der Waals surface area contributed by atoms with Crippen LogP contribution in [0, 0.1) is 0 Å². The van der Waals surface area contributed by atoms with Crippen LogP contribution in [-0.4, -0.2) is 9.97 Å². The molecule has 0 saturated carbocycles. The number of hydrogen-bond donors (Lipinski definition) is 0. The Morgan fingerprint density at radius 1 is 0.442 bits per heavy atom. The molecule has 0 radical (unpaired) electrons. The Morgan fingerprint density at radius 3 is 2.00 bits per heavy atom. The van der Waals surface area contributed by atoms with Gasteiger partial charge in [-0.15, -0.1) is 11.3 Å². The first-order valence-corrected chi connectivity index (χ1v) is 15.3. The van der Waals surface area contributed by atoms with Gasteiger partial charge in [0.25, 0.3) is 0 Å². The van der Waals surface area contributed by atoms with Gasteiger partial charge in [-0.3, -0.25) is 0 Å². The molecule has 0 aliphatic rings. The van der Waals surface area contributed by atoms with Crippen molar-refractivity contribution >= 4 is 64.0 Å². The number of aromatic nitrogens is 2. The Morgan fingerprint density at radius 2 is 1.12 bits per heavy atom. The Balaban J connectivity index is 1.40. The van der Waals surface area contributed by atoms with Crippen molar-refractivity contribution in [2.75, 3.05) is 0 Å². The number of rotatable bonds is 3. The van der Waals surface area contributed by atoms with Crippen LogP contribution in [0.15, 0.2) is 146 Å². The topological polar surface area (TPSA) is 25.8 Å². The highest BCUT2D eigenvalue weighted by Crippen LogP contribution is 2.44. The van der Waals surface area contributed by atoms with Gasteiger partial charge in [-0.25, -0.2) is 9.97 Å². The van der Waals surface area contributed by atoms with Gasteiger partial charge < -0.3 is 0 Å². The number of hydrogen-bond acceptors (Lipinski definition) is 3. The van der Waals surface area contributed by atoms with E-state index in [1.54, 1.807) is 0 Å². The molecule has 0 N–H and O–H groups in total. The van der Waals surface area contributed by atoms with E-state index in [4.69, 9.17) is 9.97 Å². The molecule has 2 aromatic heterocycles. The summed E-state index contributed by atoms with van der Waals surface area (Å²) in [5.74, 6) is 0.737. The summed E-state index contributed by atoms with van der Waals surface area (Å²) in [5.41, 5.74) is 6.42. The molecular formula is C40H24N2S. The molecule has 9 aromatic rings. The minimum absolute atomic E-state index is 0.737. The van der Waals surface area contributed by atoms with E-state index in [0.29, 0.717) is 0 Å². The minimum Gasteiger partial charge on any atom is -0.227 e. The third-order valence-electron chi connectivity index (χ3n) is 8.46. The van der Waals surface area contributed by atoms with Gasteiger partial charge in [-0.1, -0.05) is 127 Å². The Hall–Kier alpha value is -5.38. The van der Waals surface area contributed by atoms with Crippen LogP contribution in [0.5, 0.6) is 0 Å². The molecule has 0 saturated heterocycles. The largest absolute Gasteiger partial charge is 0.227 e. The maximum Gasteiger partial charge on any atom is 0.160 e. The molecule has 3 heteroatoms. The van der Waals surface area contributed by atoms with Crippen LogP contribution in [0.1, 0.15) is 0 Å². The van der Waals surface area contributed by atoms with Gasteiger partial charge in [0.15, 0.2) is 5.82 Å². The molecule has 0 aliphatic carbocycles. The first-order chi connectivity index (χ1) is 21.3. The Labute approximate surface area is 252 Å². The van der Waals surface area contributed by atoms with Crippen molar-refractivity contribution in [3.63, 3.8) is 0 Å². The van der Waals surface area contributed by atoms with Crippen molar-refractivity contribution in [1.82, 2.24) is 9.97 Å². The summed E-state index contributed by atoms with van der Waals surface area (Å²) in [6, 6.07) is 51.8. The summed E-state index contributed by atoms with van der Waals surface area (Å²) >= 11 is 1.85. The molecule has 43 heavy (non-hydrogen) atoms. The van der Waals surface area contributed by atoms with Crippen molar-refractivity contribution in [3.05, 3.63) is 146 Å². The second-order valence-corrected chi connectivity index (χ2v) is 12.0. The molecule has 0 spiro atoms. The second-order valence-electron chi connectivity index (χ2n) is 11.0. The predicted octanol–water partition coefficient (Wildman–Crippen LogP) is 11.3. The van der Waals surface area contributed by atoms with Gasteiger partial charge in [0.1, 0.15) is 0 Å². The van der Waals surface area contributed by atoms with Gasteiger partial charge >= 0.3 is 0 Å². The predicted molar refractivity (Wildman–Crippen MR) is 184 cm³/mol. The van der Waals surface area contributed by atoms with Crippen LogP contribution in [0.2, 0.25) is 0 Å². The van der Waals surface area contributed by atoms with Crippen LogP contribution in [0.4, 0.5) is 0 Å². The van der Waals surface area contributed by atoms with Crippen molar-refractivity contribution in [3.8, 4) is 33.8 Å². The van der Waals surface area contributed by atoms with E-state index in [1.165, 1.54) is 47.3 Å². The lowest BCUT2D eigenvalue weighted by atomic mass is 9.97. The molecular weight excluding hydrogens is 541 g/mol. The molecule has 0 bridgehead atoms. The maximum atomic E-state index is 5.37. The fourth-order valence-electron chi connectivity index (χ4n) is 6.42. The number of fused-ring (bicyclic) bond motifs is 8. The lowest BCUT2D eigenvalue weighted by molar-refractivity contribution is 1.24. The zero-order chi connectivity index (χ0) is 28.3. The normalized spacial score (nSPS) is 11.7. The molecule has 7 aromatic carbocycles. The third-order valence-corrected chi connectivity index (χ3v) is 9.67. The first kappa shape index (κ1) is 24.2. The van der Waals surface area contributed by atoms with Crippen LogP contribution in [0.25, 0.3) is 86.4 Å². The smallest absolute Gasteiger partial charge is 0.160 e. The standard InChI is InChI=1S/C40H24N2S/c1-2-10-25(11-3-1)28-15-8-16-29(24-28)40-41-37(32-19-9-14-26-12-4-6-17-30(26)32)34-22-23-35-36(38(34)42-40)33-21-20-27-13-5-7-18-31(27)39(33)43-35/h1-24H. The fraction of sp³-hybridized carbons (Fsp3) is 0. The average Bonchev–Trinajstić information content (AvgIpc) is 3.48. The highest BCUT2D eigenvalue weighted by Gasteiger charge is 2.19. The lowest BCUT2D eigenvalue weighted by Gasteiger charge is -2.13. The fourth-order valence-corrected chi connectivity index (χ4v) is 7.66. The van der Waals surface area contributed by atoms with Gasteiger partial charge in [0, 0.05) is 36.7 Å².